The van der Waals surface area contributed by atoms with Crippen molar-refractivity contribution in [3.8, 4) is 0 Å². The maximum Gasteiger partial charge on any atom is 0.341 e. The van der Waals surface area contributed by atoms with Gasteiger partial charge in [0.15, 0.2) is 0 Å². The molecule has 3 aromatic rings. The summed E-state index contributed by atoms with van der Waals surface area (Å²) >= 11 is 0. The lowest BCUT2D eigenvalue weighted by molar-refractivity contribution is 0.226. The summed E-state index contributed by atoms with van der Waals surface area (Å²) in [4.78, 5) is 14.5. The molecular weight excluding hydrogens is 374 g/mol. The molecule has 4 rings (SSSR count). The molecule has 2 amide bonds. The monoisotopic (exact) mass is 393 g/mol. The van der Waals surface area contributed by atoms with E-state index >= 15 is 0 Å². The van der Waals surface area contributed by atoms with Gasteiger partial charge in [-0.15, -0.1) is 0 Å². The first-order chi connectivity index (χ1) is 13.6. The maximum absolute atomic E-state index is 13.1. The zero-order valence-electron chi connectivity index (χ0n) is 15.0. The van der Waals surface area contributed by atoms with Gasteiger partial charge in [0.25, 0.3) is 0 Å². The number of anilines is 1. The number of fused-ring (bicyclic) bond motifs is 1. The second-order valence-electron chi connectivity index (χ2n) is 6.37. The van der Waals surface area contributed by atoms with Crippen molar-refractivity contribution < 1.29 is 13.2 Å². The van der Waals surface area contributed by atoms with Crippen molar-refractivity contribution in [2.24, 2.45) is 0 Å². The molecule has 1 aromatic heterocycles. The Labute approximate surface area is 164 Å². The van der Waals surface area contributed by atoms with E-state index in [4.69, 9.17) is 0 Å². The van der Waals surface area contributed by atoms with Gasteiger partial charge in [0, 0.05) is 12.7 Å². The van der Waals surface area contributed by atoms with Crippen LogP contribution in [-0.4, -0.2) is 29.3 Å². The molecule has 0 bridgehead atoms. The van der Waals surface area contributed by atoms with Crippen LogP contribution in [0.3, 0.4) is 0 Å². The number of benzene rings is 2. The Kier molecular flexibility index (Phi) is 4.75. The summed E-state index contributed by atoms with van der Waals surface area (Å²) in [6.07, 6.45) is 5.22. The summed E-state index contributed by atoms with van der Waals surface area (Å²) in [5.41, 5.74) is 1.76. The van der Waals surface area contributed by atoms with Crippen molar-refractivity contribution in [3.63, 3.8) is 0 Å². The minimum absolute atomic E-state index is 0.0154. The van der Waals surface area contributed by atoms with Crippen molar-refractivity contribution in [3.05, 3.63) is 96.2 Å². The normalized spacial score (nSPS) is 15.8. The average molecular weight is 393 g/mol. The topological polar surface area (TPSA) is 62.6 Å². The maximum atomic E-state index is 13.1. The van der Waals surface area contributed by atoms with Crippen LogP contribution in [-0.2, 0) is 16.8 Å². The number of nitrogens with zero attached hydrogens (tertiary/aromatic N) is 3. The fraction of sp³-hybridized carbons (Fsp3) is 0.0952. The van der Waals surface area contributed by atoms with Gasteiger partial charge in [0.05, 0.1) is 6.54 Å². The van der Waals surface area contributed by atoms with Gasteiger partial charge < -0.3 is 0 Å². The van der Waals surface area contributed by atoms with Crippen molar-refractivity contribution in [1.82, 2.24) is 8.28 Å². The Hall–Kier alpha value is -3.32. The van der Waals surface area contributed by atoms with Crippen LogP contribution in [0.4, 0.5) is 10.6 Å². The third-order valence-electron chi connectivity index (χ3n) is 4.51. The molecule has 0 spiro atoms. The lowest BCUT2D eigenvalue weighted by Crippen LogP contribution is -2.53. The Morgan fingerprint density at radius 1 is 0.857 bits per heavy atom. The minimum Gasteiger partial charge on any atom is -0.274 e. The van der Waals surface area contributed by atoms with E-state index in [9.17, 15) is 13.2 Å². The molecule has 0 aliphatic carbocycles. The van der Waals surface area contributed by atoms with Crippen LogP contribution in [0.2, 0.25) is 0 Å². The Bertz CT molecular complexity index is 1110. The lowest BCUT2D eigenvalue weighted by Gasteiger charge is -2.35. The number of urea groups is 1. The van der Waals surface area contributed by atoms with E-state index in [1.165, 1.54) is 11.1 Å². The number of rotatable bonds is 5. The molecule has 2 aromatic carbocycles. The molecule has 1 aliphatic heterocycles. The molecule has 0 fully saturated rings. The molecular formula is C21H19N3O3S. The van der Waals surface area contributed by atoms with Crippen LogP contribution >= 0.6 is 0 Å². The number of hydrogen-bond acceptors (Lipinski definition) is 3. The first-order valence-corrected chi connectivity index (χ1v) is 10.2. The predicted octanol–water partition coefficient (Wildman–Crippen LogP) is 3.74. The summed E-state index contributed by atoms with van der Waals surface area (Å²) < 4.78 is 27.9. The number of aromatic nitrogens is 1. The van der Waals surface area contributed by atoms with Gasteiger partial charge in [-0.05, 0) is 23.3 Å². The van der Waals surface area contributed by atoms with Gasteiger partial charge >= 0.3 is 16.2 Å². The minimum atomic E-state index is -3.96. The van der Waals surface area contributed by atoms with Crippen LogP contribution in [0.25, 0.3) is 6.08 Å². The van der Waals surface area contributed by atoms with Crippen molar-refractivity contribution in [2.75, 3.05) is 11.4 Å². The van der Waals surface area contributed by atoms with Crippen molar-refractivity contribution in [1.29, 1.82) is 0 Å². The van der Waals surface area contributed by atoms with E-state index in [0.717, 1.165) is 19.4 Å². The van der Waals surface area contributed by atoms with Gasteiger partial charge in [-0.1, -0.05) is 72.8 Å². The SMILES string of the molecule is O=C1N(C/C=C/c2ccccc2)c2cccn2S(=O)(=O)N1Cc1ccccc1. The highest BCUT2D eigenvalue weighted by atomic mass is 32.2. The number of hydrogen-bond donors (Lipinski definition) is 0. The van der Waals surface area contributed by atoms with Gasteiger partial charge in [0.2, 0.25) is 0 Å². The first kappa shape index (κ1) is 18.1. The summed E-state index contributed by atoms with van der Waals surface area (Å²) in [6.45, 7) is 0.247. The zero-order chi connectivity index (χ0) is 19.6. The molecule has 0 atom stereocenters. The third kappa shape index (κ3) is 3.32. The van der Waals surface area contributed by atoms with Crippen LogP contribution in [0.5, 0.6) is 0 Å². The standard InChI is InChI=1S/C21H19N3O3S/c25-21-22(15-7-13-18-9-3-1-4-10-18)20-14-8-16-23(20)28(26,27)24(21)17-19-11-5-2-6-12-19/h1-14,16H,15,17H2/b13-7+. The quantitative estimate of drug-likeness (QED) is 0.663. The van der Waals surface area contributed by atoms with Crippen LogP contribution in [0.15, 0.2) is 85.1 Å². The summed E-state index contributed by atoms with van der Waals surface area (Å²) in [5.74, 6) is 0.340. The summed E-state index contributed by atoms with van der Waals surface area (Å²) in [6, 6.07) is 21.5. The number of carbonyl (C=O) groups is 1. The fourth-order valence-electron chi connectivity index (χ4n) is 3.13. The molecule has 28 heavy (non-hydrogen) atoms. The van der Waals surface area contributed by atoms with Gasteiger partial charge in [-0.2, -0.15) is 12.7 Å². The lowest BCUT2D eigenvalue weighted by atomic mass is 10.2. The van der Waals surface area contributed by atoms with E-state index < -0.39 is 16.2 Å². The molecule has 2 heterocycles. The van der Waals surface area contributed by atoms with Gasteiger partial charge in [-0.3, -0.25) is 4.90 Å². The van der Waals surface area contributed by atoms with E-state index in [2.05, 4.69) is 0 Å². The predicted molar refractivity (Wildman–Crippen MR) is 109 cm³/mol. The largest absolute Gasteiger partial charge is 0.341 e. The number of amides is 2. The van der Waals surface area contributed by atoms with Gasteiger partial charge in [0.1, 0.15) is 5.82 Å². The highest BCUT2D eigenvalue weighted by molar-refractivity contribution is 7.88. The van der Waals surface area contributed by atoms with Crippen LogP contribution in [0.1, 0.15) is 11.1 Å². The Balaban J connectivity index is 1.65. The first-order valence-electron chi connectivity index (χ1n) is 8.85. The molecule has 7 heteroatoms. The van der Waals surface area contributed by atoms with Gasteiger partial charge in [-0.25, -0.2) is 8.77 Å². The average Bonchev–Trinajstić information content (AvgIpc) is 3.20. The second kappa shape index (κ2) is 7.36. The van der Waals surface area contributed by atoms with E-state index in [0.29, 0.717) is 5.82 Å². The molecule has 0 N–H and O–H groups in total. The molecule has 142 valence electrons. The smallest absolute Gasteiger partial charge is 0.274 e. The second-order valence-corrected chi connectivity index (χ2v) is 8.10. The highest BCUT2D eigenvalue weighted by Gasteiger charge is 2.40. The Morgan fingerprint density at radius 2 is 1.54 bits per heavy atom. The van der Waals surface area contributed by atoms with Crippen LogP contribution in [0, 0.1) is 0 Å². The molecule has 0 saturated heterocycles. The van der Waals surface area contributed by atoms with E-state index in [1.807, 2.05) is 60.7 Å². The zero-order valence-corrected chi connectivity index (χ0v) is 15.9. The van der Waals surface area contributed by atoms with Crippen molar-refractivity contribution in [2.45, 2.75) is 6.54 Å². The highest BCUT2D eigenvalue weighted by Crippen LogP contribution is 2.29. The summed E-state index contributed by atoms with van der Waals surface area (Å²) in [5, 5.41) is 0. The van der Waals surface area contributed by atoms with E-state index in [1.54, 1.807) is 24.3 Å². The summed E-state index contributed by atoms with van der Waals surface area (Å²) in [7, 11) is -3.96. The Morgan fingerprint density at radius 3 is 2.25 bits per heavy atom. The molecule has 0 saturated carbocycles. The van der Waals surface area contributed by atoms with E-state index in [-0.39, 0.29) is 13.1 Å². The molecule has 0 radical (unpaired) electrons. The molecule has 6 nitrogen and oxygen atoms in total. The number of carbonyl (C=O) groups excluding carboxylic acids is 1. The molecule has 0 unspecified atom stereocenters. The fourth-order valence-corrected chi connectivity index (χ4v) is 4.57. The van der Waals surface area contributed by atoms with Crippen LogP contribution < -0.4 is 4.90 Å². The van der Waals surface area contributed by atoms with Crippen molar-refractivity contribution >= 4 is 28.1 Å². The third-order valence-corrected chi connectivity index (χ3v) is 6.16. The molecule has 1 aliphatic rings.